The van der Waals surface area contributed by atoms with Crippen LogP contribution in [0, 0.1) is 17.3 Å². The van der Waals surface area contributed by atoms with Crippen molar-refractivity contribution < 1.29 is 9.90 Å². The second-order valence-corrected chi connectivity index (χ2v) is 4.38. The zero-order chi connectivity index (χ0) is 8.65. The molecule has 2 atom stereocenters. The maximum absolute atomic E-state index is 10.5. The van der Waals surface area contributed by atoms with E-state index in [1.807, 2.05) is 0 Å². The van der Waals surface area contributed by atoms with Gasteiger partial charge in [0.05, 0.1) is 6.42 Å². The highest BCUT2D eigenvalue weighted by molar-refractivity contribution is 5.67. The molecule has 0 amide bonds. The Morgan fingerprint density at radius 1 is 1.64 bits per heavy atom. The Labute approximate surface area is 67.6 Å². The molecular weight excluding hydrogens is 140 g/mol. The van der Waals surface area contributed by atoms with E-state index in [4.69, 9.17) is 5.11 Å². The minimum atomic E-state index is -0.672. The molecule has 1 fully saturated rings. The van der Waals surface area contributed by atoms with Crippen molar-refractivity contribution in [3.8, 4) is 0 Å². The van der Waals surface area contributed by atoms with E-state index in [0.29, 0.717) is 12.3 Å². The molecule has 2 heteroatoms. The second kappa shape index (κ2) is 2.50. The molecule has 2 unspecified atom stereocenters. The molecule has 1 aliphatic carbocycles. The first-order valence-corrected chi connectivity index (χ1v) is 4.15. The van der Waals surface area contributed by atoms with Gasteiger partial charge in [-0.05, 0) is 23.7 Å². The summed E-state index contributed by atoms with van der Waals surface area (Å²) in [4.78, 5) is 10.5. The van der Waals surface area contributed by atoms with Crippen LogP contribution in [0.4, 0.5) is 0 Å². The smallest absolute Gasteiger partial charge is 0.303 e. The van der Waals surface area contributed by atoms with E-state index in [1.54, 1.807) is 0 Å². The third-order valence-corrected chi connectivity index (χ3v) is 2.72. The molecule has 0 radical (unpaired) electrons. The van der Waals surface area contributed by atoms with Crippen LogP contribution < -0.4 is 0 Å². The number of aliphatic carboxylic acids is 1. The van der Waals surface area contributed by atoms with Crippen LogP contribution in [0.25, 0.3) is 0 Å². The van der Waals surface area contributed by atoms with Crippen LogP contribution in [0.2, 0.25) is 0 Å². The van der Waals surface area contributed by atoms with Gasteiger partial charge in [0.2, 0.25) is 0 Å². The fraction of sp³-hybridized carbons (Fsp3) is 0.889. The summed E-state index contributed by atoms with van der Waals surface area (Å²) in [5.41, 5.74) is 0.00521. The molecule has 0 spiro atoms. The van der Waals surface area contributed by atoms with Gasteiger partial charge in [-0.1, -0.05) is 20.8 Å². The summed E-state index contributed by atoms with van der Waals surface area (Å²) < 4.78 is 0. The highest BCUT2D eigenvalue weighted by Crippen LogP contribution is 2.52. The van der Waals surface area contributed by atoms with E-state index in [9.17, 15) is 4.79 Å². The van der Waals surface area contributed by atoms with Gasteiger partial charge >= 0.3 is 5.97 Å². The lowest BCUT2D eigenvalue weighted by molar-refractivity contribution is -0.139. The SMILES string of the molecule is CC1CC1C(C)(C)CC(=O)O. The maximum Gasteiger partial charge on any atom is 0.303 e. The van der Waals surface area contributed by atoms with Crippen LogP contribution in [0.5, 0.6) is 0 Å². The second-order valence-electron chi connectivity index (χ2n) is 4.38. The Balaban J connectivity index is 2.46. The Bertz CT molecular complexity index is 172. The highest BCUT2D eigenvalue weighted by atomic mass is 16.4. The third-order valence-electron chi connectivity index (χ3n) is 2.72. The summed E-state index contributed by atoms with van der Waals surface area (Å²) in [7, 11) is 0. The van der Waals surface area contributed by atoms with Crippen molar-refractivity contribution in [2.75, 3.05) is 0 Å². The summed E-state index contributed by atoms with van der Waals surface area (Å²) in [6.07, 6.45) is 1.52. The van der Waals surface area contributed by atoms with Gasteiger partial charge in [-0.25, -0.2) is 0 Å². The molecule has 0 aromatic carbocycles. The lowest BCUT2D eigenvalue weighted by Crippen LogP contribution is -2.19. The van der Waals surface area contributed by atoms with E-state index in [0.717, 1.165) is 5.92 Å². The van der Waals surface area contributed by atoms with Gasteiger partial charge in [0.25, 0.3) is 0 Å². The van der Waals surface area contributed by atoms with Crippen molar-refractivity contribution >= 4 is 5.97 Å². The molecule has 1 saturated carbocycles. The van der Waals surface area contributed by atoms with Gasteiger partial charge in [0, 0.05) is 0 Å². The summed E-state index contributed by atoms with van der Waals surface area (Å²) in [5, 5.41) is 8.61. The summed E-state index contributed by atoms with van der Waals surface area (Å²) in [6.45, 7) is 6.29. The Morgan fingerprint density at radius 3 is 2.36 bits per heavy atom. The van der Waals surface area contributed by atoms with Crippen molar-refractivity contribution in [3.05, 3.63) is 0 Å². The minimum Gasteiger partial charge on any atom is -0.481 e. The molecular formula is C9H16O2. The van der Waals surface area contributed by atoms with Crippen molar-refractivity contribution in [3.63, 3.8) is 0 Å². The lowest BCUT2D eigenvalue weighted by Gasteiger charge is -2.22. The fourth-order valence-corrected chi connectivity index (χ4v) is 1.93. The fourth-order valence-electron chi connectivity index (χ4n) is 1.93. The van der Waals surface area contributed by atoms with Gasteiger partial charge in [-0.2, -0.15) is 0 Å². The molecule has 11 heavy (non-hydrogen) atoms. The zero-order valence-corrected chi connectivity index (χ0v) is 7.42. The van der Waals surface area contributed by atoms with Gasteiger partial charge in [-0.3, -0.25) is 4.79 Å². The first kappa shape index (κ1) is 8.57. The van der Waals surface area contributed by atoms with E-state index in [1.165, 1.54) is 6.42 Å². The van der Waals surface area contributed by atoms with Crippen LogP contribution in [-0.4, -0.2) is 11.1 Å². The number of carboxylic acids is 1. The van der Waals surface area contributed by atoms with E-state index in [2.05, 4.69) is 20.8 Å². The van der Waals surface area contributed by atoms with E-state index in [-0.39, 0.29) is 5.41 Å². The van der Waals surface area contributed by atoms with Crippen LogP contribution in [0.3, 0.4) is 0 Å². The van der Waals surface area contributed by atoms with Gasteiger partial charge < -0.3 is 5.11 Å². The molecule has 0 aliphatic heterocycles. The number of carboxylic acid groups (broad SMARTS) is 1. The summed E-state index contributed by atoms with van der Waals surface area (Å²) in [5.74, 6) is 0.706. The third kappa shape index (κ3) is 1.95. The number of hydrogen-bond donors (Lipinski definition) is 1. The largest absolute Gasteiger partial charge is 0.481 e. The molecule has 0 saturated heterocycles. The van der Waals surface area contributed by atoms with E-state index < -0.39 is 5.97 Å². The summed E-state index contributed by atoms with van der Waals surface area (Å²) in [6, 6.07) is 0. The Kier molecular flexibility index (Phi) is 1.95. The number of rotatable bonds is 3. The zero-order valence-electron chi connectivity index (χ0n) is 7.42. The standard InChI is InChI=1S/C9H16O2/c1-6-4-7(6)9(2,3)5-8(10)11/h6-7H,4-5H2,1-3H3,(H,10,11). The molecule has 1 rings (SSSR count). The molecule has 0 aromatic heterocycles. The maximum atomic E-state index is 10.5. The van der Waals surface area contributed by atoms with E-state index >= 15 is 0 Å². The molecule has 0 aromatic rings. The van der Waals surface area contributed by atoms with Crippen LogP contribution in [0.1, 0.15) is 33.6 Å². The van der Waals surface area contributed by atoms with Gasteiger partial charge in [0.15, 0.2) is 0 Å². The van der Waals surface area contributed by atoms with Crippen molar-refractivity contribution in [1.29, 1.82) is 0 Å². The quantitative estimate of drug-likeness (QED) is 0.679. The van der Waals surface area contributed by atoms with Crippen LogP contribution >= 0.6 is 0 Å². The average Bonchev–Trinajstić information content (AvgIpc) is 2.42. The molecule has 1 aliphatic rings. The first-order valence-electron chi connectivity index (χ1n) is 4.15. The lowest BCUT2D eigenvalue weighted by atomic mass is 9.83. The molecule has 0 bridgehead atoms. The van der Waals surface area contributed by atoms with Crippen LogP contribution in [-0.2, 0) is 4.79 Å². The number of carbonyl (C=O) groups is 1. The average molecular weight is 156 g/mol. The monoisotopic (exact) mass is 156 g/mol. The van der Waals surface area contributed by atoms with Crippen molar-refractivity contribution in [2.24, 2.45) is 17.3 Å². The molecule has 1 N–H and O–H groups in total. The predicted molar refractivity (Wildman–Crippen MR) is 43.3 cm³/mol. The van der Waals surface area contributed by atoms with Gasteiger partial charge in [0.1, 0.15) is 0 Å². The van der Waals surface area contributed by atoms with Crippen LogP contribution in [0.15, 0.2) is 0 Å². The Hall–Kier alpha value is -0.530. The van der Waals surface area contributed by atoms with Crippen molar-refractivity contribution in [1.82, 2.24) is 0 Å². The molecule has 0 heterocycles. The first-order chi connectivity index (χ1) is 4.93. The van der Waals surface area contributed by atoms with Gasteiger partial charge in [-0.15, -0.1) is 0 Å². The normalized spacial score (nSPS) is 30.1. The molecule has 64 valence electrons. The topological polar surface area (TPSA) is 37.3 Å². The Morgan fingerprint density at radius 2 is 2.09 bits per heavy atom. The summed E-state index contributed by atoms with van der Waals surface area (Å²) >= 11 is 0. The predicted octanol–water partition coefficient (Wildman–Crippen LogP) is 2.14. The molecule has 2 nitrogen and oxygen atoms in total. The van der Waals surface area contributed by atoms with Crippen molar-refractivity contribution in [2.45, 2.75) is 33.6 Å². The number of hydrogen-bond acceptors (Lipinski definition) is 1. The minimum absolute atomic E-state index is 0.00521. The highest BCUT2D eigenvalue weighted by Gasteiger charge is 2.45.